The summed E-state index contributed by atoms with van der Waals surface area (Å²) in [6.45, 7) is 4.01. The second-order valence-electron chi connectivity index (χ2n) is 6.04. The fourth-order valence-electron chi connectivity index (χ4n) is 2.53. The lowest BCUT2D eigenvalue weighted by molar-refractivity contribution is -0.120. The van der Waals surface area contributed by atoms with Gasteiger partial charge in [0.25, 0.3) is 0 Å². The highest BCUT2D eigenvalue weighted by Gasteiger charge is 2.21. The van der Waals surface area contributed by atoms with Crippen LogP contribution in [0.15, 0.2) is 48.5 Å². The third-order valence-corrected chi connectivity index (χ3v) is 5.26. The zero-order valence-corrected chi connectivity index (χ0v) is 17.0. The van der Waals surface area contributed by atoms with Gasteiger partial charge in [-0.25, -0.2) is 8.42 Å². The Morgan fingerprint density at radius 3 is 2.26 bits per heavy atom. The summed E-state index contributed by atoms with van der Waals surface area (Å²) in [6.07, 6.45) is 1.06. The van der Waals surface area contributed by atoms with Crippen molar-refractivity contribution in [2.75, 3.05) is 23.7 Å². The van der Waals surface area contributed by atoms with Crippen LogP contribution in [0.2, 0.25) is 5.02 Å². The third kappa shape index (κ3) is 6.15. The fraction of sp³-hybridized carbons (Fsp3) is 0.316. The van der Waals surface area contributed by atoms with Crippen LogP contribution in [0.25, 0.3) is 0 Å². The molecule has 0 spiro atoms. The molecule has 0 heterocycles. The van der Waals surface area contributed by atoms with Crippen LogP contribution in [0, 0.1) is 0 Å². The Kier molecular flexibility index (Phi) is 7.10. The van der Waals surface area contributed by atoms with Crippen LogP contribution < -0.4 is 14.4 Å². The molecule has 0 aliphatic heterocycles. The van der Waals surface area contributed by atoms with E-state index in [1.54, 1.807) is 24.3 Å². The van der Waals surface area contributed by atoms with Crippen LogP contribution in [0.4, 0.5) is 5.69 Å². The van der Waals surface area contributed by atoms with E-state index in [0.29, 0.717) is 17.3 Å². The zero-order chi connectivity index (χ0) is 20.0. The smallest absolute Gasteiger partial charge is 0.241 e. The number of sulfonamides is 1. The van der Waals surface area contributed by atoms with Crippen LogP contribution in [-0.4, -0.2) is 33.7 Å². The quantitative estimate of drug-likeness (QED) is 0.723. The normalized spacial score (nSPS) is 12.3. The molecule has 1 atom stereocenters. The molecular formula is C19H23ClN2O4S. The minimum atomic E-state index is -3.63. The maximum Gasteiger partial charge on any atom is 0.241 e. The van der Waals surface area contributed by atoms with Gasteiger partial charge in [0.15, 0.2) is 0 Å². The lowest BCUT2D eigenvalue weighted by atomic mass is 10.1. The van der Waals surface area contributed by atoms with Crippen molar-refractivity contribution in [1.29, 1.82) is 0 Å². The number of anilines is 1. The van der Waals surface area contributed by atoms with E-state index in [9.17, 15) is 13.2 Å². The van der Waals surface area contributed by atoms with Gasteiger partial charge in [-0.15, -0.1) is 0 Å². The molecule has 0 aromatic heterocycles. The van der Waals surface area contributed by atoms with Crippen LogP contribution in [-0.2, 0) is 14.8 Å². The van der Waals surface area contributed by atoms with Gasteiger partial charge in [-0.2, -0.15) is 0 Å². The standard InChI is InChI=1S/C19H23ClN2O4S/c1-4-26-18-11-5-15(6-12-18)14(2)21-19(23)13-22(27(3,24)25)17-9-7-16(20)8-10-17/h5-12,14H,4,13H2,1-3H3,(H,21,23)/t14-/m0/s1. The average Bonchev–Trinajstić information content (AvgIpc) is 2.60. The molecule has 0 unspecified atom stereocenters. The summed E-state index contributed by atoms with van der Waals surface area (Å²) >= 11 is 5.85. The SMILES string of the molecule is CCOc1ccc([C@H](C)NC(=O)CN(c2ccc(Cl)cc2)S(C)(=O)=O)cc1. The lowest BCUT2D eigenvalue weighted by Gasteiger charge is -2.23. The monoisotopic (exact) mass is 410 g/mol. The van der Waals surface area contributed by atoms with Crippen molar-refractivity contribution < 1.29 is 17.9 Å². The number of amides is 1. The predicted octanol–water partition coefficient (Wildman–Crippen LogP) is 3.38. The largest absolute Gasteiger partial charge is 0.494 e. The fourth-order valence-corrected chi connectivity index (χ4v) is 3.51. The van der Waals surface area contributed by atoms with Gasteiger partial charge in [0.05, 0.1) is 24.6 Å². The summed E-state index contributed by atoms with van der Waals surface area (Å²) in [5.74, 6) is 0.350. The molecule has 0 fully saturated rings. The second kappa shape index (κ2) is 9.10. The van der Waals surface area contributed by atoms with Crippen molar-refractivity contribution in [3.8, 4) is 5.75 Å². The molecule has 146 valence electrons. The summed E-state index contributed by atoms with van der Waals surface area (Å²) in [4.78, 5) is 12.4. The zero-order valence-electron chi connectivity index (χ0n) is 15.5. The number of hydrogen-bond donors (Lipinski definition) is 1. The summed E-state index contributed by atoms with van der Waals surface area (Å²) in [5, 5.41) is 3.31. The minimum absolute atomic E-state index is 0.278. The molecule has 8 heteroatoms. The number of nitrogens with one attached hydrogen (secondary N) is 1. The van der Waals surface area contributed by atoms with Crippen molar-refractivity contribution in [2.24, 2.45) is 0 Å². The maximum atomic E-state index is 12.4. The van der Waals surface area contributed by atoms with Gasteiger partial charge in [0.1, 0.15) is 12.3 Å². The van der Waals surface area contributed by atoms with E-state index in [2.05, 4.69) is 5.32 Å². The van der Waals surface area contributed by atoms with Crippen molar-refractivity contribution in [3.63, 3.8) is 0 Å². The van der Waals surface area contributed by atoms with Gasteiger partial charge < -0.3 is 10.1 Å². The van der Waals surface area contributed by atoms with Crippen molar-refractivity contribution in [1.82, 2.24) is 5.32 Å². The summed E-state index contributed by atoms with van der Waals surface area (Å²) in [7, 11) is -3.63. The second-order valence-corrected chi connectivity index (χ2v) is 8.38. The molecule has 2 aromatic rings. The first-order valence-corrected chi connectivity index (χ1v) is 10.7. The van der Waals surface area contributed by atoms with Gasteiger partial charge in [-0.1, -0.05) is 23.7 Å². The molecule has 0 saturated heterocycles. The highest BCUT2D eigenvalue weighted by atomic mass is 35.5. The molecule has 0 radical (unpaired) electrons. The van der Waals surface area contributed by atoms with Gasteiger partial charge in [-0.3, -0.25) is 9.10 Å². The number of halogens is 1. The van der Waals surface area contributed by atoms with Crippen LogP contribution in [0.5, 0.6) is 5.75 Å². The first-order chi connectivity index (χ1) is 12.7. The van der Waals surface area contributed by atoms with Gasteiger partial charge in [0.2, 0.25) is 15.9 Å². The number of ether oxygens (including phenoxy) is 1. The average molecular weight is 411 g/mol. The highest BCUT2D eigenvalue weighted by Crippen LogP contribution is 2.21. The van der Waals surface area contributed by atoms with Gasteiger partial charge in [0, 0.05) is 5.02 Å². The molecule has 2 aromatic carbocycles. The lowest BCUT2D eigenvalue weighted by Crippen LogP contribution is -2.41. The number of nitrogens with zero attached hydrogens (tertiary/aromatic N) is 1. The molecular weight excluding hydrogens is 388 g/mol. The van der Waals surface area contributed by atoms with E-state index in [1.807, 2.05) is 38.1 Å². The summed E-state index contributed by atoms with van der Waals surface area (Å²) in [6, 6.07) is 13.4. The number of rotatable bonds is 8. The Balaban J connectivity index is 2.07. The van der Waals surface area contributed by atoms with E-state index in [-0.39, 0.29) is 12.6 Å². The topological polar surface area (TPSA) is 75.7 Å². The van der Waals surface area contributed by atoms with Gasteiger partial charge >= 0.3 is 0 Å². The van der Waals surface area contributed by atoms with Crippen molar-refractivity contribution in [3.05, 3.63) is 59.1 Å². The Hall–Kier alpha value is -2.25. The third-order valence-electron chi connectivity index (χ3n) is 3.87. The predicted molar refractivity (Wildman–Crippen MR) is 108 cm³/mol. The van der Waals surface area contributed by atoms with Crippen molar-refractivity contribution >= 4 is 33.2 Å². The molecule has 0 aliphatic carbocycles. The first-order valence-electron chi connectivity index (χ1n) is 8.46. The highest BCUT2D eigenvalue weighted by molar-refractivity contribution is 7.92. The van der Waals surface area contributed by atoms with Crippen LogP contribution >= 0.6 is 11.6 Å². The maximum absolute atomic E-state index is 12.4. The first kappa shape index (κ1) is 21.1. The van der Waals surface area contributed by atoms with E-state index in [4.69, 9.17) is 16.3 Å². The van der Waals surface area contributed by atoms with Crippen molar-refractivity contribution in [2.45, 2.75) is 19.9 Å². The van der Waals surface area contributed by atoms with E-state index >= 15 is 0 Å². The van der Waals surface area contributed by atoms with Gasteiger partial charge in [-0.05, 0) is 55.8 Å². The number of benzene rings is 2. The number of hydrogen-bond acceptors (Lipinski definition) is 4. The van der Waals surface area contributed by atoms with E-state index in [0.717, 1.165) is 21.9 Å². The molecule has 1 N–H and O–H groups in total. The summed E-state index contributed by atoms with van der Waals surface area (Å²) in [5.41, 5.74) is 1.27. The van der Waals surface area contributed by atoms with Crippen LogP contribution in [0.3, 0.4) is 0 Å². The molecule has 27 heavy (non-hydrogen) atoms. The Bertz CT molecular complexity index is 868. The molecule has 6 nitrogen and oxygen atoms in total. The number of carbonyl (C=O) groups is 1. The molecule has 0 bridgehead atoms. The van der Waals surface area contributed by atoms with E-state index < -0.39 is 15.9 Å². The number of carbonyl (C=O) groups excluding carboxylic acids is 1. The Morgan fingerprint density at radius 2 is 1.74 bits per heavy atom. The van der Waals surface area contributed by atoms with E-state index in [1.165, 1.54) is 0 Å². The Morgan fingerprint density at radius 1 is 1.15 bits per heavy atom. The molecule has 2 rings (SSSR count). The Labute approximate surface area is 165 Å². The minimum Gasteiger partial charge on any atom is -0.494 e. The molecule has 0 saturated carbocycles. The van der Waals surface area contributed by atoms with Crippen LogP contribution in [0.1, 0.15) is 25.5 Å². The molecule has 0 aliphatic rings. The summed E-state index contributed by atoms with van der Waals surface area (Å²) < 4.78 is 30.7. The molecule has 1 amide bonds.